The van der Waals surface area contributed by atoms with Crippen LogP contribution in [0.5, 0.6) is 5.75 Å². The lowest BCUT2D eigenvalue weighted by Gasteiger charge is -2.26. The maximum atomic E-state index is 6.21. The van der Waals surface area contributed by atoms with Gasteiger partial charge < -0.3 is 4.74 Å². The molecular formula is C25H22O. The van der Waals surface area contributed by atoms with Gasteiger partial charge in [0.1, 0.15) is 12.4 Å². The SMILES string of the molecule is C1=Cc2ccc3c(c2CC1)CCc1c(OCc2ccccc2)cccc1-3. The maximum absolute atomic E-state index is 6.21. The Morgan fingerprint density at radius 3 is 2.46 bits per heavy atom. The summed E-state index contributed by atoms with van der Waals surface area (Å²) in [6, 6.07) is 21.5. The number of rotatable bonds is 3. The van der Waals surface area contributed by atoms with Crippen molar-refractivity contribution in [2.24, 2.45) is 0 Å². The Bertz CT molecular complexity index is 983. The lowest BCUT2D eigenvalue weighted by Crippen LogP contribution is -2.11. The lowest BCUT2D eigenvalue weighted by atomic mass is 9.79. The highest BCUT2D eigenvalue weighted by Crippen LogP contribution is 2.41. The highest BCUT2D eigenvalue weighted by molar-refractivity contribution is 5.79. The monoisotopic (exact) mass is 338 g/mol. The van der Waals surface area contributed by atoms with Gasteiger partial charge in [-0.15, -0.1) is 0 Å². The molecule has 0 N–H and O–H groups in total. The summed E-state index contributed by atoms with van der Waals surface area (Å²) in [5.74, 6) is 1.04. The molecule has 0 saturated carbocycles. The van der Waals surface area contributed by atoms with Crippen molar-refractivity contribution in [3.8, 4) is 16.9 Å². The molecule has 0 unspecified atom stereocenters. The van der Waals surface area contributed by atoms with E-state index in [0.29, 0.717) is 6.61 Å². The van der Waals surface area contributed by atoms with E-state index in [-0.39, 0.29) is 0 Å². The molecule has 3 aromatic carbocycles. The molecule has 0 atom stereocenters. The smallest absolute Gasteiger partial charge is 0.123 e. The van der Waals surface area contributed by atoms with Gasteiger partial charge in [0.25, 0.3) is 0 Å². The molecule has 0 radical (unpaired) electrons. The minimum Gasteiger partial charge on any atom is -0.489 e. The second kappa shape index (κ2) is 6.49. The molecule has 26 heavy (non-hydrogen) atoms. The van der Waals surface area contributed by atoms with Crippen LogP contribution in [0.25, 0.3) is 17.2 Å². The molecule has 0 bridgehead atoms. The van der Waals surface area contributed by atoms with E-state index in [1.54, 1.807) is 11.1 Å². The van der Waals surface area contributed by atoms with Crippen molar-refractivity contribution in [1.82, 2.24) is 0 Å². The summed E-state index contributed by atoms with van der Waals surface area (Å²) in [4.78, 5) is 0. The number of hydrogen-bond acceptors (Lipinski definition) is 1. The fraction of sp³-hybridized carbons (Fsp3) is 0.200. The van der Waals surface area contributed by atoms with E-state index in [1.165, 1.54) is 34.2 Å². The standard InChI is InChI=1S/C25H22O/c1-2-7-18(8-3-1)17-26-25-12-6-11-21-23-14-13-19-9-4-5-10-20(19)22(23)15-16-24(21)25/h1-4,6-9,11-14H,5,10,15-17H2. The van der Waals surface area contributed by atoms with Crippen LogP contribution >= 0.6 is 0 Å². The second-order valence-corrected chi connectivity index (χ2v) is 7.16. The van der Waals surface area contributed by atoms with Gasteiger partial charge in [-0.2, -0.15) is 0 Å². The van der Waals surface area contributed by atoms with Gasteiger partial charge in [-0.3, -0.25) is 0 Å². The van der Waals surface area contributed by atoms with E-state index in [0.717, 1.165) is 25.0 Å². The van der Waals surface area contributed by atoms with Crippen LogP contribution in [0, 0.1) is 0 Å². The van der Waals surface area contributed by atoms with E-state index >= 15 is 0 Å². The molecule has 2 aliphatic rings. The molecule has 0 spiro atoms. The summed E-state index contributed by atoms with van der Waals surface area (Å²) >= 11 is 0. The fourth-order valence-corrected chi connectivity index (χ4v) is 4.33. The zero-order valence-electron chi connectivity index (χ0n) is 14.9. The highest BCUT2D eigenvalue weighted by atomic mass is 16.5. The zero-order valence-corrected chi connectivity index (χ0v) is 14.9. The number of hydrogen-bond donors (Lipinski definition) is 0. The Kier molecular flexibility index (Phi) is 3.86. The Morgan fingerprint density at radius 1 is 0.692 bits per heavy atom. The molecule has 0 aliphatic heterocycles. The Balaban J connectivity index is 1.51. The summed E-state index contributed by atoms with van der Waals surface area (Å²) in [6.07, 6.45) is 9.10. The minimum absolute atomic E-state index is 0.624. The molecule has 0 amide bonds. The van der Waals surface area contributed by atoms with E-state index < -0.39 is 0 Å². The minimum atomic E-state index is 0.624. The van der Waals surface area contributed by atoms with Gasteiger partial charge in [0, 0.05) is 5.56 Å². The van der Waals surface area contributed by atoms with Gasteiger partial charge in [-0.1, -0.05) is 66.7 Å². The summed E-state index contributed by atoms with van der Waals surface area (Å²) in [6.45, 7) is 0.624. The Hall–Kier alpha value is -2.80. The summed E-state index contributed by atoms with van der Waals surface area (Å²) in [7, 11) is 0. The van der Waals surface area contributed by atoms with E-state index in [9.17, 15) is 0 Å². The fourth-order valence-electron chi connectivity index (χ4n) is 4.33. The van der Waals surface area contributed by atoms with Crippen molar-refractivity contribution in [3.05, 3.63) is 94.6 Å². The van der Waals surface area contributed by atoms with Crippen LogP contribution < -0.4 is 4.74 Å². The van der Waals surface area contributed by atoms with E-state index in [4.69, 9.17) is 4.74 Å². The molecule has 5 rings (SSSR count). The normalized spacial score (nSPS) is 14.3. The predicted molar refractivity (Wildman–Crippen MR) is 107 cm³/mol. The third-order valence-electron chi connectivity index (χ3n) is 5.61. The molecule has 0 saturated heterocycles. The van der Waals surface area contributed by atoms with E-state index in [1.807, 2.05) is 6.07 Å². The van der Waals surface area contributed by atoms with Gasteiger partial charge in [0.15, 0.2) is 0 Å². The molecule has 0 heterocycles. The summed E-state index contributed by atoms with van der Waals surface area (Å²) in [5.41, 5.74) is 9.87. The average Bonchev–Trinajstić information content (AvgIpc) is 2.72. The molecule has 128 valence electrons. The van der Waals surface area contributed by atoms with Crippen LogP contribution in [0.1, 0.15) is 34.2 Å². The van der Waals surface area contributed by atoms with Crippen LogP contribution in [-0.4, -0.2) is 0 Å². The number of ether oxygens (including phenoxy) is 1. The molecule has 0 aromatic heterocycles. The second-order valence-electron chi connectivity index (χ2n) is 7.16. The number of benzene rings is 3. The van der Waals surface area contributed by atoms with Crippen LogP contribution in [-0.2, 0) is 25.9 Å². The quantitative estimate of drug-likeness (QED) is 0.570. The van der Waals surface area contributed by atoms with Gasteiger partial charge in [0.05, 0.1) is 0 Å². The summed E-state index contributed by atoms with van der Waals surface area (Å²) in [5, 5.41) is 0. The number of fused-ring (bicyclic) bond motifs is 5. The highest BCUT2D eigenvalue weighted by Gasteiger charge is 2.23. The molecule has 0 fully saturated rings. The van der Waals surface area contributed by atoms with Gasteiger partial charge in [-0.25, -0.2) is 0 Å². The largest absolute Gasteiger partial charge is 0.489 e. The molecular weight excluding hydrogens is 316 g/mol. The predicted octanol–water partition coefficient (Wildman–Crippen LogP) is 5.99. The molecule has 1 heteroatoms. The van der Waals surface area contributed by atoms with Crippen LogP contribution in [0.15, 0.2) is 66.7 Å². The lowest BCUT2D eigenvalue weighted by molar-refractivity contribution is 0.303. The third kappa shape index (κ3) is 2.64. The molecule has 2 aliphatic carbocycles. The number of allylic oxidation sites excluding steroid dienone is 1. The van der Waals surface area contributed by atoms with Crippen molar-refractivity contribution >= 4 is 6.08 Å². The first-order valence-corrected chi connectivity index (χ1v) is 9.50. The van der Waals surface area contributed by atoms with Crippen molar-refractivity contribution < 1.29 is 4.74 Å². The third-order valence-corrected chi connectivity index (χ3v) is 5.61. The average molecular weight is 338 g/mol. The van der Waals surface area contributed by atoms with Gasteiger partial charge >= 0.3 is 0 Å². The Labute approximate surface area is 155 Å². The van der Waals surface area contributed by atoms with Crippen molar-refractivity contribution in [3.63, 3.8) is 0 Å². The van der Waals surface area contributed by atoms with Crippen molar-refractivity contribution in [2.75, 3.05) is 0 Å². The van der Waals surface area contributed by atoms with Crippen molar-refractivity contribution in [1.29, 1.82) is 0 Å². The first-order chi connectivity index (χ1) is 12.9. The van der Waals surface area contributed by atoms with Crippen LogP contribution in [0.3, 0.4) is 0 Å². The first-order valence-electron chi connectivity index (χ1n) is 9.50. The summed E-state index contributed by atoms with van der Waals surface area (Å²) < 4.78 is 6.21. The topological polar surface area (TPSA) is 9.23 Å². The maximum Gasteiger partial charge on any atom is 0.123 e. The van der Waals surface area contributed by atoms with E-state index in [2.05, 4.69) is 66.7 Å². The molecule has 1 nitrogen and oxygen atoms in total. The Morgan fingerprint density at radius 2 is 1.54 bits per heavy atom. The molecule has 3 aromatic rings. The first kappa shape index (κ1) is 15.5. The van der Waals surface area contributed by atoms with Crippen LogP contribution in [0.2, 0.25) is 0 Å². The van der Waals surface area contributed by atoms with Gasteiger partial charge in [-0.05, 0) is 65.1 Å². The van der Waals surface area contributed by atoms with Crippen molar-refractivity contribution in [2.45, 2.75) is 32.3 Å². The van der Waals surface area contributed by atoms with Crippen LogP contribution in [0.4, 0.5) is 0 Å². The van der Waals surface area contributed by atoms with Gasteiger partial charge in [0.2, 0.25) is 0 Å². The zero-order chi connectivity index (χ0) is 17.3.